The van der Waals surface area contributed by atoms with E-state index in [-0.39, 0.29) is 6.04 Å². The summed E-state index contributed by atoms with van der Waals surface area (Å²) in [6, 6.07) is 9.38. The minimum atomic E-state index is 0.0592. The van der Waals surface area contributed by atoms with Crippen molar-refractivity contribution in [3.8, 4) is 6.07 Å². The van der Waals surface area contributed by atoms with Crippen molar-refractivity contribution in [3.63, 3.8) is 0 Å². The summed E-state index contributed by atoms with van der Waals surface area (Å²) in [4.78, 5) is 0. The minimum Gasteiger partial charge on any atom is -0.380 e. The molecule has 4 nitrogen and oxygen atoms in total. The van der Waals surface area contributed by atoms with Crippen LogP contribution in [0.3, 0.4) is 0 Å². The molecule has 5 N–H and O–H groups in total. The molecule has 0 saturated carbocycles. The van der Waals surface area contributed by atoms with Gasteiger partial charge in [-0.1, -0.05) is 6.07 Å². The second kappa shape index (κ2) is 5.22. The Morgan fingerprint density at radius 3 is 2.64 bits per heavy atom. The highest BCUT2D eigenvalue weighted by Gasteiger charge is 2.03. The van der Waals surface area contributed by atoms with E-state index < -0.39 is 0 Å². The molecule has 0 radical (unpaired) electrons. The summed E-state index contributed by atoms with van der Waals surface area (Å²) in [5.74, 6) is 0. The lowest BCUT2D eigenvalue weighted by atomic mass is 10.2. The van der Waals surface area contributed by atoms with E-state index in [2.05, 4.69) is 11.4 Å². The van der Waals surface area contributed by atoms with Crippen molar-refractivity contribution in [1.82, 2.24) is 0 Å². The summed E-state index contributed by atoms with van der Waals surface area (Å²) in [5, 5.41) is 11.8. The molecule has 74 valence electrons. The van der Waals surface area contributed by atoms with Gasteiger partial charge in [0.2, 0.25) is 0 Å². The molecule has 1 aromatic carbocycles. The highest BCUT2D eigenvalue weighted by molar-refractivity contribution is 5.49. The SMILES string of the molecule is N#Cc1cccc(NC(CN)CN)c1. The molecular weight excluding hydrogens is 176 g/mol. The van der Waals surface area contributed by atoms with E-state index in [4.69, 9.17) is 16.7 Å². The second-order valence-corrected chi connectivity index (χ2v) is 3.01. The predicted octanol–water partition coefficient (Wildman–Crippen LogP) is 0.256. The fraction of sp³-hybridized carbons (Fsp3) is 0.300. The molecule has 0 fully saturated rings. The third-order valence-electron chi connectivity index (χ3n) is 1.93. The topological polar surface area (TPSA) is 87.9 Å². The summed E-state index contributed by atoms with van der Waals surface area (Å²) in [6.07, 6.45) is 0. The normalized spacial score (nSPS) is 9.86. The summed E-state index contributed by atoms with van der Waals surface area (Å²) in [7, 11) is 0. The number of nitrogens with one attached hydrogen (secondary N) is 1. The second-order valence-electron chi connectivity index (χ2n) is 3.01. The molecule has 0 spiro atoms. The molecule has 0 aromatic heterocycles. The van der Waals surface area contributed by atoms with E-state index in [1.54, 1.807) is 12.1 Å². The van der Waals surface area contributed by atoms with Gasteiger partial charge >= 0.3 is 0 Å². The molecular formula is C10H14N4. The fourth-order valence-corrected chi connectivity index (χ4v) is 1.13. The number of benzene rings is 1. The van der Waals surface area contributed by atoms with Gasteiger partial charge in [0.05, 0.1) is 17.7 Å². The van der Waals surface area contributed by atoms with Crippen LogP contribution in [0.5, 0.6) is 0 Å². The van der Waals surface area contributed by atoms with Crippen LogP contribution >= 0.6 is 0 Å². The lowest BCUT2D eigenvalue weighted by Crippen LogP contribution is -2.35. The van der Waals surface area contributed by atoms with Crippen molar-refractivity contribution in [3.05, 3.63) is 29.8 Å². The summed E-state index contributed by atoms with van der Waals surface area (Å²) in [5.41, 5.74) is 12.5. The quantitative estimate of drug-likeness (QED) is 0.635. The van der Waals surface area contributed by atoms with Crippen LogP contribution in [-0.2, 0) is 0 Å². The highest BCUT2D eigenvalue weighted by atomic mass is 15.0. The Labute approximate surface area is 83.5 Å². The monoisotopic (exact) mass is 190 g/mol. The van der Waals surface area contributed by atoms with Gasteiger partial charge < -0.3 is 16.8 Å². The lowest BCUT2D eigenvalue weighted by Gasteiger charge is -2.15. The predicted molar refractivity (Wildman–Crippen MR) is 56.7 cm³/mol. The zero-order valence-corrected chi connectivity index (χ0v) is 7.90. The van der Waals surface area contributed by atoms with E-state index in [0.29, 0.717) is 18.7 Å². The van der Waals surface area contributed by atoms with Crippen LogP contribution in [0.15, 0.2) is 24.3 Å². The zero-order chi connectivity index (χ0) is 10.4. The standard InChI is InChI=1S/C10H14N4/c11-5-8-2-1-3-9(4-8)14-10(6-12)7-13/h1-4,10,14H,6-7,12-13H2. The van der Waals surface area contributed by atoms with Gasteiger partial charge in [-0.3, -0.25) is 0 Å². The third-order valence-corrected chi connectivity index (χ3v) is 1.93. The fourth-order valence-electron chi connectivity index (χ4n) is 1.13. The van der Waals surface area contributed by atoms with Crippen molar-refractivity contribution < 1.29 is 0 Å². The number of nitrogens with zero attached hydrogens (tertiary/aromatic N) is 1. The van der Waals surface area contributed by atoms with E-state index in [1.165, 1.54) is 0 Å². The molecule has 4 heteroatoms. The molecule has 0 heterocycles. The van der Waals surface area contributed by atoms with E-state index >= 15 is 0 Å². The Morgan fingerprint density at radius 2 is 2.07 bits per heavy atom. The van der Waals surface area contributed by atoms with Crippen LogP contribution in [0.2, 0.25) is 0 Å². The first-order valence-electron chi connectivity index (χ1n) is 4.47. The number of nitrogens with two attached hydrogens (primary N) is 2. The van der Waals surface area contributed by atoms with Crippen molar-refractivity contribution in [1.29, 1.82) is 5.26 Å². The van der Waals surface area contributed by atoms with Crippen LogP contribution in [0.4, 0.5) is 5.69 Å². The first kappa shape index (κ1) is 10.5. The summed E-state index contributed by atoms with van der Waals surface area (Å²) in [6.45, 7) is 0.959. The van der Waals surface area contributed by atoms with E-state index in [9.17, 15) is 0 Å². The molecule has 0 amide bonds. The molecule has 0 unspecified atom stereocenters. The number of hydrogen-bond acceptors (Lipinski definition) is 4. The Kier molecular flexibility index (Phi) is 3.92. The van der Waals surface area contributed by atoms with Gasteiger partial charge in [-0.15, -0.1) is 0 Å². The third kappa shape index (κ3) is 2.73. The molecule has 0 bridgehead atoms. The largest absolute Gasteiger partial charge is 0.380 e. The van der Waals surface area contributed by atoms with Crippen molar-refractivity contribution in [2.75, 3.05) is 18.4 Å². The van der Waals surface area contributed by atoms with Crippen LogP contribution in [0.25, 0.3) is 0 Å². The van der Waals surface area contributed by atoms with Crippen molar-refractivity contribution in [2.24, 2.45) is 11.5 Å². The van der Waals surface area contributed by atoms with Crippen LogP contribution in [-0.4, -0.2) is 19.1 Å². The highest BCUT2D eigenvalue weighted by Crippen LogP contribution is 2.10. The maximum absolute atomic E-state index is 8.68. The van der Waals surface area contributed by atoms with Gasteiger partial charge in [-0.05, 0) is 18.2 Å². The molecule has 0 aliphatic heterocycles. The summed E-state index contributed by atoms with van der Waals surface area (Å²) < 4.78 is 0. The van der Waals surface area contributed by atoms with Crippen LogP contribution in [0, 0.1) is 11.3 Å². The number of hydrogen-bond donors (Lipinski definition) is 3. The minimum absolute atomic E-state index is 0.0592. The van der Waals surface area contributed by atoms with Crippen molar-refractivity contribution in [2.45, 2.75) is 6.04 Å². The van der Waals surface area contributed by atoms with Crippen LogP contribution < -0.4 is 16.8 Å². The molecule has 0 aliphatic rings. The Bertz CT molecular complexity index is 325. The van der Waals surface area contributed by atoms with E-state index in [0.717, 1.165) is 5.69 Å². The summed E-state index contributed by atoms with van der Waals surface area (Å²) >= 11 is 0. The molecule has 0 saturated heterocycles. The smallest absolute Gasteiger partial charge is 0.0992 e. The Hall–Kier alpha value is -1.57. The van der Waals surface area contributed by atoms with Crippen molar-refractivity contribution >= 4 is 5.69 Å². The molecule has 1 aromatic rings. The van der Waals surface area contributed by atoms with Gasteiger partial charge in [0, 0.05) is 18.8 Å². The van der Waals surface area contributed by atoms with Gasteiger partial charge in [-0.25, -0.2) is 0 Å². The number of anilines is 1. The number of rotatable bonds is 4. The maximum Gasteiger partial charge on any atom is 0.0992 e. The zero-order valence-electron chi connectivity index (χ0n) is 7.90. The van der Waals surface area contributed by atoms with E-state index in [1.807, 2.05) is 12.1 Å². The molecule has 1 rings (SSSR count). The Morgan fingerprint density at radius 1 is 1.36 bits per heavy atom. The van der Waals surface area contributed by atoms with Gasteiger partial charge in [0.25, 0.3) is 0 Å². The first-order chi connectivity index (χ1) is 6.80. The van der Waals surface area contributed by atoms with Gasteiger partial charge in [-0.2, -0.15) is 5.26 Å². The van der Waals surface area contributed by atoms with Gasteiger partial charge in [0.1, 0.15) is 0 Å². The Balaban J connectivity index is 2.72. The number of nitriles is 1. The van der Waals surface area contributed by atoms with Crippen LogP contribution in [0.1, 0.15) is 5.56 Å². The first-order valence-corrected chi connectivity index (χ1v) is 4.47. The average Bonchev–Trinajstić information content (AvgIpc) is 2.26. The molecule has 0 atom stereocenters. The van der Waals surface area contributed by atoms with Gasteiger partial charge in [0.15, 0.2) is 0 Å². The molecule has 0 aliphatic carbocycles. The average molecular weight is 190 g/mol. The molecule has 14 heavy (non-hydrogen) atoms. The maximum atomic E-state index is 8.68. The lowest BCUT2D eigenvalue weighted by molar-refractivity contribution is 0.737.